The van der Waals surface area contributed by atoms with Crippen LogP contribution < -0.4 is 10.2 Å². The third-order valence-corrected chi connectivity index (χ3v) is 4.46. The van der Waals surface area contributed by atoms with Crippen LogP contribution in [0.25, 0.3) is 0 Å². The van der Waals surface area contributed by atoms with Gasteiger partial charge in [-0.3, -0.25) is 0 Å². The van der Waals surface area contributed by atoms with Crippen molar-refractivity contribution in [1.82, 2.24) is 5.32 Å². The quantitative estimate of drug-likeness (QED) is 0.876. The van der Waals surface area contributed by atoms with Crippen molar-refractivity contribution < 1.29 is 13.5 Å². The zero-order valence-corrected chi connectivity index (χ0v) is 14.3. The molecule has 130 valence electrons. The first-order valence-corrected chi connectivity index (χ1v) is 8.60. The molecule has 5 heteroatoms. The molecule has 1 atom stereocenters. The highest BCUT2D eigenvalue weighted by Gasteiger charge is 2.19. The van der Waals surface area contributed by atoms with Crippen molar-refractivity contribution in [3.05, 3.63) is 53.2 Å². The first-order chi connectivity index (χ1) is 11.7. The van der Waals surface area contributed by atoms with E-state index in [0.717, 1.165) is 42.3 Å². The Morgan fingerprint density at radius 3 is 2.62 bits per heavy atom. The second-order valence-electron chi connectivity index (χ2n) is 6.13. The van der Waals surface area contributed by atoms with Crippen molar-refractivity contribution in [3.63, 3.8) is 0 Å². The zero-order valence-electron chi connectivity index (χ0n) is 14.3. The van der Waals surface area contributed by atoms with Crippen LogP contribution in [0, 0.1) is 5.82 Å². The highest BCUT2D eigenvalue weighted by molar-refractivity contribution is 5.55. The first-order valence-electron chi connectivity index (χ1n) is 8.60. The van der Waals surface area contributed by atoms with Gasteiger partial charge in [-0.05, 0) is 42.8 Å². The molecule has 1 saturated heterocycles. The molecule has 1 fully saturated rings. The molecule has 1 aliphatic rings. The third kappa shape index (κ3) is 3.97. The molecule has 0 radical (unpaired) electrons. The molecule has 1 aromatic carbocycles. The Bertz CT molecular complexity index is 665. The highest BCUT2D eigenvalue weighted by atomic mass is 19.1. The Morgan fingerprint density at radius 2 is 1.92 bits per heavy atom. The summed E-state index contributed by atoms with van der Waals surface area (Å²) in [5.74, 6) is 1.68. The summed E-state index contributed by atoms with van der Waals surface area (Å²) in [5, 5.41) is 3.44. The maximum atomic E-state index is 13.8. The van der Waals surface area contributed by atoms with Crippen LogP contribution in [-0.4, -0.2) is 26.3 Å². The number of hydrogen-bond acceptors (Lipinski definition) is 4. The molecule has 24 heavy (non-hydrogen) atoms. The van der Waals surface area contributed by atoms with Gasteiger partial charge in [0, 0.05) is 31.2 Å². The molecule has 0 saturated carbocycles. The van der Waals surface area contributed by atoms with Gasteiger partial charge in [0.15, 0.2) is 0 Å². The van der Waals surface area contributed by atoms with Crippen molar-refractivity contribution in [1.29, 1.82) is 0 Å². The normalized spacial score (nSPS) is 16.4. The van der Waals surface area contributed by atoms with Gasteiger partial charge in [0.2, 0.25) is 0 Å². The average molecular weight is 332 g/mol. The molecule has 4 nitrogen and oxygen atoms in total. The summed E-state index contributed by atoms with van der Waals surface area (Å²) in [6.07, 6.45) is 0.890. The summed E-state index contributed by atoms with van der Waals surface area (Å²) in [4.78, 5) is 2.26. The van der Waals surface area contributed by atoms with Gasteiger partial charge in [-0.25, -0.2) is 4.39 Å². The summed E-state index contributed by atoms with van der Waals surface area (Å²) in [6.45, 7) is 7.85. The smallest absolute Gasteiger partial charge is 0.123 e. The van der Waals surface area contributed by atoms with E-state index in [0.29, 0.717) is 19.8 Å². The molecular formula is C19H25FN2O2. The summed E-state index contributed by atoms with van der Waals surface area (Å²) < 4.78 is 24.9. The molecular weight excluding hydrogens is 307 g/mol. The van der Waals surface area contributed by atoms with Crippen molar-refractivity contribution in [2.45, 2.75) is 32.9 Å². The fraction of sp³-hybridized carbons (Fsp3) is 0.474. The number of ether oxygens (including phenoxy) is 1. The monoisotopic (exact) mass is 332 g/mol. The molecule has 3 rings (SSSR count). The molecule has 0 unspecified atom stereocenters. The van der Waals surface area contributed by atoms with Gasteiger partial charge in [0.25, 0.3) is 0 Å². The highest BCUT2D eigenvalue weighted by Crippen LogP contribution is 2.28. The van der Waals surface area contributed by atoms with Crippen LogP contribution in [0.5, 0.6) is 0 Å². The van der Waals surface area contributed by atoms with Crippen LogP contribution in [0.2, 0.25) is 0 Å². The summed E-state index contributed by atoms with van der Waals surface area (Å²) in [6, 6.07) is 9.05. The summed E-state index contributed by atoms with van der Waals surface area (Å²) >= 11 is 0. The Morgan fingerprint density at radius 1 is 1.17 bits per heavy atom. The lowest BCUT2D eigenvalue weighted by atomic mass is 10.0. The van der Waals surface area contributed by atoms with E-state index in [1.165, 1.54) is 6.07 Å². The van der Waals surface area contributed by atoms with Crippen LogP contribution in [-0.2, 0) is 17.7 Å². The van der Waals surface area contributed by atoms with Gasteiger partial charge in [-0.1, -0.05) is 6.92 Å². The summed E-state index contributed by atoms with van der Waals surface area (Å²) in [5.41, 5.74) is 2.05. The molecule has 0 aliphatic carbocycles. The van der Waals surface area contributed by atoms with Crippen LogP contribution in [0.3, 0.4) is 0 Å². The maximum absolute atomic E-state index is 13.8. The molecule has 0 bridgehead atoms. The topological polar surface area (TPSA) is 37.6 Å². The van der Waals surface area contributed by atoms with Crippen LogP contribution >= 0.6 is 0 Å². The molecule has 2 heterocycles. The van der Waals surface area contributed by atoms with Gasteiger partial charge in [0.05, 0.1) is 19.8 Å². The average Bonchev–Trinajstić information content (AvgIpc) is 3.08. The predicted molar refractivity (Wildman–Crippen MR) is 92.8 cm³/mol. The standard InChI is InChI=1S/C19H25FN2O2/c1-3-16-5-6-17(24-16)13-21-14(2)18-12-15(20)4-7-19(18)22-8-10-23-11-9-22/h4-7,12,14,21H,3,8-11,13H2,1-2H3/t14-/m1/s1. The van der Waals surface area contributed by atoms with E-state index >= 15 is 0 Å². The minimum Gasteiger partial charge on any atom is -0.465 e. The summed E-state index contributed by atoms with van der Waals surface area (Å²) in [7, 11) is 0. The number of anilines is 1. The number of morpholine rings is 1. The number of benzene rings is 1. The van der Waals surface area contributed by atoms with Crippen molar-refractivity contribution in [2.75, 3.05) is 31.2 Å². The molecule has 1 aromatic heterocycles. The van der Waals surface area contributed by atoms with Gasteiger partial charge < -0.3 is 19.4 Å². The van der Waals surface area contributed by atoms with E-state index in [-0.39, 0.29) is 11.9 Å². The van der Waals surface area contributed by atoms with E-state index in [1.54, 1.807) is 6.07 Å². The zero-order chi connectivity index (χ0) is 16.9. The van der Waals surface area contributed by atoms with Crippen LogP contribution in [0.4, 0.5) is 10.1 Å². The minimum absolute atomic E-state index is 0.0220. The van der Waals surface area contributed by atoms with Gasteiger partial charge in [0.1, 0.15) is 17.3 Å². The Hall–Kier alpha value is -1.85. The lowest BCUT2D eigenvalue weighted by molar-refractivity contribution is 0.122. The Balaban J connectivity index is 1.72. The van der Waals surface area contributed by atoms with E-state index < -0.39 is 0 Å². The lowest BCUT2D eigenvalue weighted by Gasteiger charge is -2.32. The molecule has 2 aromatic rings. The van der Waals surface area contributed by atoms with E-state index in [9.17, 15) is 4.39 Å². The molecule has 0 amide bonds. The Labute approximate surface area is 142 Å². The molecule has 1 aliphatic heterocycles. The number of rotatable bonds is 6. The largest absolute Gasteiger partial charge is 0.465 e. The number of nitrogens with one attached hydrogen (secondary N) is 1. The maximum Gasteiger partial charge on any atom is 0.123 e. The lowest BCUT2D eigenvalue weighted by Crippen LogP contribution is -2.37. The van der Waals surface area contributed by atoms with Gasteiger partial charge in [-0.15, -0.1) is 0 Å². The number of aryl methyl sites for hydroxylation is 1. The van der Waals surface area contributed by atoms with Crippen molar-refractivity contribution in [3.8, 4) is 0 Å². The second-order valence-corrected chi connectivity index (χ2v) is 6.13. The van der Waals surface area contributed by atoms with E-state index in [2.05, 4.69) is 24.1 Å². The SMILES string of the molecule is CCc1ccc(CN[C@H](C)c2cc(F)ccc2N2CCOCC2)o1. The number of halogens is 1. The number of furan rings is 1. The van der Waals surface area contributed by atoms with Crippen LogP contribution in [0.1, 0.15) is 37.0 Å². The number of nitrogens with zero attached hydrogens (tertiary/aromatic N) is 1. The third-order valence-electron chi connectivity index (χ3n) is 4.46. The molecule has 0 spiro atoms. The van der Waals surface area contributed by atoms with Gasteiger partial charge in [-0.2, -0.15) is 0 Å². The fourth-order valence-corrected chi connectivity index (χ4v) is 3.04. The van der Waals surface area contributed by atoms with Crippen molar-refractivity contribution >= 4 is 5.69 Å². The second kappa shape index (κ2) is 7.81. The van der Waals surface area contributed by atoms with E-state index in [4.69, 9.17) is 9.15 Å². The first kappa shape index (κ1) is 17.0. The fourth-order valence-electron chi connectivity index (χ4n) is 3.04. The van der Waals surface area contributed by atoms with Crippen LogP contribution in [0.15, 0.2) is 34.7 Å². The Kier molecular flexibility index (Phi) is 5.53. The molecule has 1 N–H and O–H groups in total. The predicted octanol–water partition coefficient (Wildman–Crippen LogP) is 3.67. The van der Waals surface area contributed by atoms with E-state index in [1.807, 2.05) is 18.2 Å². The minimum atomic E-state index is -0.207. The number of hydrogen-bond donors (Lipinski definition) is 1. The van der Waals surface area contributed by atoms with Crippen molar-refractivity contribution in [2.24, 2.45) is 0 Å². The van der Waals surface area contributed by atoms with Gasteiger partial charge >= 0.3 is 0 Å².